The van der Waals surface area contributed by atoms with Gasteiger partial charge in [-0.1, -0.05) is 24.6 Å². The molecule has 19 heavy (non-hydrogen) atoms. The van der Waals surface area contributed by atoms with Gasteiger partial charge in [0.15, 0.2) is 0 Å². The molecule has 0 spiro atoms. The normalized spacial score (nSPS) is 18.2. The molecule has 0 radical (unpaired) electrons. The van der Waals surface area contributed by atoms with E-state index in [0.717, 1.165) is 24.3 Å². The summed E-state index contributed by atoms with van der Waals surface area (Å²) in [6.07, 6.45) is 4.30. The summed E-state index contributed by atoms with van der Waals surface area (Å²) in [6.45, 7) is 5.94. The number of likely N-dealkylation sites (tertiary alicyclic amines) is 1. The molecule has 1 aliphatic rings. The van der Waals surface area contributed by atoms with Crippen molar-refractivity contribution in [1.29, 1.82) is 0 Å². The lowest BCUT2D eigenvalue weighted by Crippen LogP contribution is -2.31. The highest BCUT2D eigenvalue weighted by Gasteiger charge is 2.16. The number of benzene rings is 1. The van der Waals surface area contributed by atoms with Crippen molar-refractivity contribution in [2.45, 2.75) is 38.7 Å². The van der Waals surface area contributed by atoms with E-state index in [1.165, 1.54) is 32.4 Å². The summed E-state index contributed by atoms with van der Waals surface area (Å²) < 4.78 is 5.58. The molecule has 1 N–H and O–H groups in total. The van der Waals surface area contributed by atoms with Crippen LogP contribution in [0.15, 0.2) is 24.3 Å². The van der Waals surface area contributed by atoms with E-state index < -0.39 is 6.10 Å². The molecule has 3 nitrogen and oxygen atoms in total. The van der Waals surface area contributed by atoms with Crippen LogP contribution in [0.2, 0.25) is 0 Å². The van der Waals surface area contributed by atoms with Gasteiger partial charge < -0.3 is 14.7 Å². The molecule has 0 amide bonds. The zero-order valence-electron chi connectivity index (χ0n) is 11.8. The Bertz CT molecular complexity index is 375. The Labute approximate surface area is 116 Å². The molecule has 1 fully saturated rings. The van der Waals surface area contributed by atoms with Gasteiger partial charge in [0, 0.05) is 12.1 Å². The first-order valence-electron chi connectivity index (χ1n) is 7.43. The lowest BCUT2D eigenvalue weighted by Gasteiger charge is -2.27. The second-order valence-corrected chi connectivity index (χ2v) is 5.18. The number of rotatable bonds is 6. The summed E-state index contributed by atoms with van der Waals surface area (Å²) in [5.41, 5.74) is 0.918. The molecule has 106 valence electrons. The van der Waals surface area contributed by atoms with E-state index in [4.69, 9.17) is 4.74 Å². The summed E-state index contributed by atoms with van der Waals surface area (Å²) in [4.78, 5) is 2.45. The third-order valence-corrected chi connectivity index (χ3v) is 3.75. The van der Waals surface area contributed by atoms with Crippen LogP contribution in [0.5, 0.6) is 5.75 Å². The van der Waals surface area contributed by atoms with Crippen LogP contribution < -0.4 is 4.74 Å². The number of aliphatic hydroxyl groups is 1. The van der Waals surface area contributed by atoms with Crippen LogP contribution >= 0.6 is 0 Å². The summed E-state index contributed by atoms with van der Waals surface area (Å²) >= 11 is 0. The quantitative estimate of drug-likeness (QED) is 0.856. The smallest absolute Gasteiger partial charge is 0.125 e. The lowest BCUT2D eigenvalue weighted by molar-refractivity contribution is 0.130. The average molecular weight is 263 g/mol. The Morgan fingerprint density at radius 2 is 1.95 bits per heavy atom. The molecule has 1 heterocycles. The maximum atomic E-state index is 10.4. The van der Waals surface area contributed by atoms with Crippen molar-refractivity contribution in [2.24, 2.45) is 0 Å². The minimum absolute atomic E-state index is 0.426. The highest BCUT2D eigenvalue weighted by molar-refractivity contribution is 5.35. The Balaban J connectivity index is 1.89. The van der Waals surface area contributed by atoms with Crippen LogP contribution in [0.3, 0.4) is 0 Å². The summed E-state index contributed by atoms with van der Waals surface area (Å²) in [5, 5.41) is 10.4. The van der Waals surface area contributed by atoms with Crippen molar-refractivity contribution in [3.63, 3.8) is 0 Å². The summed E-state index contributed by atoms with van der Waals surface area (Å²) in [7, 11) is 0. The summed E-state index contributed by atoms with van der Waals surface area (Å²) in [5.74, 6) is 0.816. The topological polar surface area (TPSA) is 32.7 Å². The Morgan fingerprint density at radius 1 is 1.21 bits per heavy atom. The van der Waals surface area contributed by atoms with E-state index in [0.29, 0.717) is 6.61 Å². The number of aliphatic hydroxyl groups excluding tert-OH is 1. The first-order chi connectivity index (χ1) is 9.31. The third kappa shape index (κ3) is 4.22. The molecule has 1 aliphatic heterocycles. The number of para-hydroxylation sites is 1. The predicted octanol–water partition coefficient (Wildman–Crippen LogP) is 2.99. The molecule has 1 saturated heterocycles. The van der Waals surface area contributed by atoms with Crippen LogP contribution in [0, 0.1) is 0 Å². The van der Waals surface area contributed by atoms with E-state index in [2.05, 4.69) is 4.90 Å². The van der Waals surface area contributed by atoms with Crippen molar-refractivity contribution in [2.75, 3.05) is 26.2 Å². The summed E-state index contributed by atoms with van der Waals surface area (Å²) in [6, 6.07) is 7.81. The number of hydrogen-bond donors (Lipinski definition) is 1. The van der Waals surface area contributed by atoms with Gasteiger partial charge in [0.25, 0.3) is 0 Å². The highest BCUT2D eigenvalue weighted by Crippen LogP contribution is 2.27. The fourth-order valence-corrected chi connectivity index (χ4v) is 2.69. The maximum absolute atomic E-state index is 10.4. The van der Waals surface area contributed by atoms with Crippen molar-refractivity contribution in [3.8, 4) is 5.75 Å². The SMILES string of the molecule is CCOc1ccccc1C(O)CCN1CCCCC1. The van der Waals surface area contributed by atoms with E-state index >= 15 is 0 Å². The van der Waals surface area contributed by atoms with Crippen LogP contribution in [0.4, 0.5) is 0 Å². The van der Waals surface area contributed by atoms with Gasteiger partial charge in [-0.05, 0) is 45.3 Å². The zero-order valence-corrected chi connectivity index (χ0v) is 11.8. The first-order valence-corrected chi connectivity index (χ1v) is 7.43. The van der Waals surface area contributed by atoms with Crippen LogP contribution in [-0.4, -0.2) is 36.2 Å². The molecule has 1 aromatic carbocycles. The van der Waals surface area contributed by atoms with Gasteiger partial charge in [0.2, 0.25) is 0 Å². The minimum atomic E-state index is -0.426. The molecule has 0 bridgehead atoms. The first kappa shape index (κ1) is 14.4. The third-order valence-electron chi connectivity index (χ3n) is 3.75. The molecule has 0 aromatic heterocycles. The second-order valence-electron chi connectivity index (χ2n) is 5.18. The highest BCUT2D eigenvalue weighted by atomic mass is 16.5. The second kappa shape index (κ2) is 7.51. The van der Waals surface area contributed by atoms with E-state index in [9.17, 15) is 5.11 Å². The average Bonchev–Trinajstić information content (AvgIpc) is 2.47. The van der Waals surface area contributed by atoms with Crippen molar-refractivity contribution < 1.29 is 9.84 Å². The number of hydrogen-bond acceptors (Lipinski definition) is 3. The van der Waals surface area contributed by atoms with Crippen LogP contribution in [-0.2, 0) is 0 Å². The van der Waals surface area contributed by atoms with E-state index in [1.54, 1.807) is 0 Å². The lowest BCUT2D eigenvalue weighted by atomic mass is 10.0. The molecule has 3 heteroatoms. The van der Waals surface area contributed by atoms with Gasteiger partial charge in [-0.3, -0.25) is 0 Å². The number of nitrogens with zero attached hydrogens (tertiary/aromatic N) is 1. The predicted molar refractivity (Wildman–Crippen MR) is 77.5 cm³/mol. The van der Waals surface area contributed by atoms with Crippen LogP contribution in [0.25, 0.3) is 0 Å². The molecule has 1 atom stereocenters. The Hall–Kier alpha value is -1.06. The largest absolute Gasteiger partial charge is 0.493 e. The van der Waals surface area contributed by atoms with Crippen LogP contribution in [0.1, 0.15) is 44.3 Å². The molecular weight excluding hydrogens is 238 g/mol. The van der Waals surface area contributed by atoms with E-state index in [1.807, 2.05) is 31.2 Å². The van der Waals surface area contributed by atoms with Gasteiger partial charge in [0.05, 0.1) is 12.7 Å². The molecule has 0 saturated carbocycles. The van der Waals surface area contributed by atoms with Gasteiger partial charge >= 0.3 is 0 Å². The van der Waals surface area contributed by atoms with Gasteiger partial charge in [0.1, 0.15) is 5.75 Å². The molecule has 2 rings (SSSR count). The molecule has 0 aliphatic carbocycles. The fourth-order valence-electron chi connectivity index (χ4n) is 2.69. The number of ether oxygens (including phenoxy) is 1. The molecule has 1 unspecified atom stereocenters. The van der Waals surface area contributed by atoms with Crippen molar-refractivity contribution in [3.05, 3.63) is 29.8 Å². The Morgan fingerprint density at radius 3 is 2.68 bits per heavy atom. The fraction of sp³-hybridized carbons (Fsp3) is 0.625. The molecule has 1 aromatic rings. The standard InChI is InChI=1S/C16H25NO2/c1-2-19-16-9-5-4-8-14(16)15(18)10-13-17-11-6-3-7-12-17/h4-5,8-9,15,18H,2-3,6-7,10-13H2,1H3. The van der Waals surface area contributed by atoms with Gasteiger partial charge in [-0.2, -0.15) is 0 Å². The van der Waals surface area contributed by atoms with Gasteiger partial charge in [-0.15, -0.1) is 0 Å². The zero-order chi connectivity index (χ0) is 13.5. The maximum Gasteiger partial charge on any atom is 0.125 e. The number of piperidine rings is 1. The minimum Gasteiger partial charge on any atom is -0.493 e. The molecular formula is C16H25NO2. The monoisotopic (exact) mass is 263 g/mol. The van der Waals surface area contributed by atoms with E-state index in [-0.39, 0.29) is 0 Å². The van der Waals surface area contributed by atoms with Crippen molar-refractivity contribution in [1.82, 2.24) is 4.90 Å². The van der Waals surface area contributed by atoms with Crippen molar-refractivity contribution >= 4 is 0 Å². The van der Waals surface area contributed by atoms with Gasteiger partial charge in [-0.25, -0.2) is 0 Å². The Kier molecular flexibility index (Phi) is 5.67.